The second kappa shape index (κ2) is 6.37. The van der Waals surface area contributed by atoms with E-state index in [0.717, 1.165) is 13.1 Å². The van der Waals surface area contributed by atoms with Crippen molar-refractivity contribution < 1.29 is 9.21 Å². The highest BCUT2D eigenvalue weighted by atomic mass is 16.3. The number of likely N-dealkylation sites (N-methyl/N-ethyl adjacent to an activating group) is 1. The van der Waals surface area contributed by atoms with Gasteiger partial charge in [-0.1, -0.05) is 0 Å². The van der Waals surface area contributed by atoms with Crippen LogP contribution in [-0.2, 0) is 4.79 Å². The lowest BCUT2D eigenvalue weighted by Gasteiger charge is -2.34. The summed E-state index contributed by atoms with van der Waals surface area (Å²) < 4.78 is 6.54. The predicted molar refractivity (Wildman–Crippen MR) is 85.0 cm³/mol. The molecule has 1 saturated heterocycles. The normalized spacial score (nSPS) is 17.2. The average molecular weight is 316 g/mol. The van der Waals surface area contributed by atoms with Crippen molar-refractivity contribution in [3.8, 4) is 11.5 Å². The molecule has 7 heteroatoms. The van der Waals surface area contributed by atoms with Crippen LogP contribution in [0.4, 0.5) is 0 Å². The van der Waals surface area contributed by atoms with E-state index in [1.807, 2.05) is 7.05 Å². The zero-order valence-corrected chi connectivity index (χ0v) is 13.3. The third-order valence-corrected chi connectivity index (χ3v) is 4.14. The number of carbonyl (C=O) groups excluding carboxylic acids is 1. The van der Waals surface area contributed by atoms with E-state index in [2.05, 4.69) is 10.00 Å². The second-order valence-electron chi connectivity index (χ2n) is 5.78. The minimum Gasteiger partial charge on any atom is -0.463 e. The molecule has 1 unspecified atom stereocenters. The van der Waals surface area contributed by atoms with E-state index in [9.17, 15) is 9.59 Å². The zero-order valence-electron chi connectivity index (χ0n) is 13.3. The van der Waals surface area contributed by atoms with Crippen molar-refractivity contribution in [3.05, 3.63) is 40.9 Å². The molecule has 0 aliphatic carbocycles. The molecular formula is C16H20N4O3. The Morgan fingerprint density at radius 1 is 1.22 bits per heavy atom. The van der Waals surface area contributed by atoms with Crippen molar-refractivity contribution in [2.75, 3.05) is 33.2 Å². The lowest BCUT2D eigenvalue weighted by Crippen LogP contribution is -2.49. The quantitative estimate of drug-likeness (QED) is 0.839. The topological polar surface area (TPSA) is 71.6 Å². The summed E-state index contributed by atoms with van der Waals surface area (Å²) >= 11 is 0. The Kier molecular flexibility index (Phi) is 4.29. The third kappa shape index (κ3) is 3.19. The molecule has 1 fully saturated rings. The molecule has 0 aromatic carbocycles. The van der Waals surface area contributed by atoms with E-state index in [1.54, 1.807) is 36.3 Å². The molecule has 122 valence electrons. The maximum Gasteiger partial charge on any atom is 0.267 e. The summed E-state index contributed by atoms with van der Waals surface area (Å²) in [6, 6.07) is 5.90. The number of furan rings is 1. The van der Waals surface area contributed by atoms with Crippen LogP contribution in [0.1, 0.15) is 13.0 Å². The molecule has 0 saturated carbocycles. The van der Waals surface area contributed by atoms with Gasteiger partial charge in [0.05, 0.1) is 6.26 Å². The van der Waals surface area contributed by atoms with Gasteiger partial charge in [0.2, 0.25) is 5.91 Å². The summed E-state index contributed by atoms with van der Waals surface area (Å²) in [6.07, 6.45) is 1.55. The monoisotopic (exact) mass is 316 g/mol. The van der Waals surface area contributed by atoms with E-state index in [4.69, 9.17) is 4.42 Å². The Labute approximate surface area is 134 Å². The highest BCUT2D eigenvalue weighted by Gasteiger charge is 2.26. The maximum absolute atomic E-state index is 12.6. The first-order valence-electron chi connectivity index (χ1n) is 7.67. The number of hydrogen-bond donors (Lipinski definition) is 0. The molecule has 7 nitrogen and oxygen atoms in total. The zero-order chi connectivity index (χ0) is 16.4. The minimum absolute atomic E-state index is 0.0794. The Morgan fingerprint density at radius 3 is 2.61 bits per heavy atom. The fourth-order valence-corrected chi connectivity index (χ4v) is 2.65. The number of aromatic nitrogens is 2. The molecule has 0 N–H and O–H groups in total. The van der Waals surface area contributed by atoms with Crippen LogP contribution in [0, 0.1) is 0 Å². The molecule has 3 heterocycles. The minimum atomic E-state index is -0.638. The van der Waals surface area contributed by atoms with Crippen molar-refractivity contribution in [1.82, 2.24) is 19.6 Å². The highest BCUT2D eigenvalue weighted by Crippen LogP contribution is 2.17. The van der Waals surface area contributed by atoms with Gasteiger partial charge in [-0.2, -0.15) is 5.10 Å². The van der Waals surface area contributed by atoms with Crippen molar-refractivity contribution in [1.29, 1.82) is 0 Å². The fraction of sp³-hybridized carbons (Fsp3) is 0.438. The Bertz CT molecular complexity index is 730. The molecule has 23 heavy (non-hydrogen) atoms. The molecule has 1 aliphatic heterocycles. The van der Waals surface area contributed by atoms with Crippen LogP contribution in [0.2, 0.25) is 0 Å². The fourth-order valence-electron chi connectivity index (χ4n) is 2.65. The number of piperazine rings is 1. The average Bonchev–Trinajstić information content (AvgIpc) is 3.09. The van der Waals surface area contributed by atoms with Crippen molar-refractivity contribution in [2.24, 2.45) is 0 Å². The summed E-state index contributed by atoms with van der Waals surface area (Å²) in [5, 5.41) is 4.30. The molecule has 2 aromatic heterocycles. The van der Waals surface area contributed by atoms with E-state index in [0.29, 0.717) is 24.5 Å². The molecule has 1 atom stereocenters. The Balaban J connectivity index is 1.84. The first-order chi connectivity index (χ1) is 11.1. The van der Waals surface area contributed by atoms with Crippen molar-refractivity contribution in [3.63, 3.8) is 0 Å². The van der Waals surface area contributed by atoms with Gasteiger partial charge < -0.3 is 14.2 Å². The van der Waals surface area contributed by atoms with Crippen LogP contribution >= 0.6 is 0 Å². The van der Waals surface area contributed by atoms with Gasteiger partial charge in [0.1, 0.15) is 11.7 Å². The van der Waals surface area contributed by atoms with E-state index in [-0.39, 0.29) is 11.5 Å². The van der Waals surface area contributed by atoms with Gasteiger partial charge in [0, 0.05) is 32.2 Å². The standard InChI is InChI=1S/C16H20N4O3/c1-12(16(22)19-9-7-18(2)8-10-19)20-15(21)6-5-13(17-20)14-4-3-11-23-14/h3-6,11-12H,7-10H2,1-2H3. The van der Waals surface area contributed by atoms with Gasteiger partial charge in [0.25, 0.3) is 5.56 Å². The van der Waals surface area contributed by atoms with Gasteiger partial charge in [-0.3, -0.25) is 9.59 Å². The van der Waals surface area contributed by atoms with Crippen LogP contribution in [-0.4, -0.2) is 58.7 Å². The molecule has 0 radical (unpaired) electrons. The molecule has 0 bridgehead atoms. The first-order valence-corrected chi connectivity index (χ1v) is 7.67. The van der Waals surface area contributed by atoms with Gasteiger partial charge in [-0.15, -0.1) is 0 Å². The Morgan fingerprint density at radius 2 is 1.96 bits per heavy atom. The second-order valence-corrected chi connectivity index (χ2v) is 5.78. The Hall–Kier alpha value is -2.41. The maximum atomic E-state index is 12.6. The van der Waals surface area contributed by atoms with Crippen LogP contribution in [0.15, 0.2) is 39.7 Å². The molecule has 1 aliphatic rings. The van der Waals surface area contributed by atoms with Crippen molar-refractivity contribution >= 4 is 5.91 Å². The van der Waals surface area contributed by atoms with Gasteiger partial charge in [-0.25, -0.2) is 4.68 Å². The van der Waals surface area contributed by atoms with Crippen LogP contribution in [0.5, 0.6) is 0 Å². The van der Waals surface area contributed by atoms with E-state index >= 15 is 0 Å². The lowest BCUT2D eigenvalue weighted by atomic mass is 10.2. The lowest BCUT2D eigenvalue weighted by molar-refractivity contribution is -0.136. The number of carbonyl (C=O) groups is 1. The number of hydrogen-bond acceptors (Lipinski definition) is 5. The summed E-state index contributed by atoms with van der Waals surface area (Å²) in [7, 11) is 2.03. The third-order valence-electron chi connectivity index (χ3n) is 4.14. The van der Waals surface area contributed by atoms with Crippen LogP contribution < -0.4 is 5.56 Å². The van der Waals surface area contributed by atoms with Crippen LogP contribution in [0.25, 0.3) is 11.5 Å². The van der Waals surface area contributed by atoms with Gasteiger partial charge in [0.15, 0.2) is 5.76 Å². The molecule has 2 aromatic rings. The van der Waals surface area contributed by atoms with E-state index < -0.39 is 6.04 Å². The SMILES string of the molecule is CC(C(=O)N1CCN(C)CC1)n1nc(-c2ccco2)ccc1=O. The summed E-state index contributed by atoms with van der Waals surface area (Å²) in [5.41, 5.74) is 0.239. The summed E-state index contributed by atoms with van der Waals surface area (Å²) in [6.45, 7) is 4.74. The smallest absolute Gasteiger partial charge is 0.267 e. The van der Waals surface area contributed by atoms with E-state index in [1.165, 1.54) is 10.7 Å². The number of rotatable bonds is 3. The van der Waals surface area contributed by atoms with Gasteiger partial charge >= 0.3 is 0 Å². The molecule has 1 amide bonds. The van der Waals surface area contributed by atoms with Crippen LogP contribution in [0.3, 0.4) is 0 Å². The first kappa shape index (κ1) is 15.5. The molecular weight excluding hydrogens is 296 g/mol. The highest BCUT2D eigenvalue weighted by molar-refractivity contribution is 5.80. The predicted octanol–water partition coefficient (Wildman–Crippen LogP) is 0.838. The largest absolute Gasteiger partial charge is 0.463 e. The summed E-state index contributed by atoms with van der Waals surface area (Å²) in [4.78, 5) is 28.7. The number of nitrogens with zero attached hydrogens (tertiary/aromatic N) is 4. The molecule has 0 spiro atoms. The molecule has 3 rings (SSSR count). The van der Waals surface area contributed by atoms with Crippen molar-refractivity contribution in [2.45, 2.75) is 13.0 Å². The van der Waals surface area contributed by atoms with Gasteiger partial charge in [-0.05, 0) is 32.2 Å². The summed E-state index contributed by atoms with van der Waals surface area (Å²) in [5.74, 6) is 0.488. The number of amides is 1.